The normalized spacial score (nSPS) is 22.6. The van der Waals surface area contributed by atoms with Gasteiger partial charge in [0.1, 0.15) is 17.7 Å². The van der Waals surface area contributed by atoms with E-state index in [0.29, 0.717) is 6.42 Å². The SMILES string of the molecule is COC(=O)C1C/C=C\C(c2ccc3ccccc3c2)C(NC(=O)OC(C)(C)C)C(=O)N1. The number of alkyl carbamates (subject to hydrolysis) is 1. The molecule has 7 nitrogen and oxygen atoms in total. The van der Waals surface area contributed by atoms with E-state index in [-0.39, 0.29) is 0 Å². The highest BCUT2D eigenvalue weighted by molar-refractivity contribution is 5.91. The molecule has 1 heterocycles. The van der Waals surface area contributed by atoms with Crippen molar-refractivity contribution in [2.24, 2.45) is 0 Å². The van der Waals surface area contributed by atoms with Crippen LogP contribution in [-0.4, -0.2) is 42.8 Å². The largest absolute Gasteiger partial charge is 0.467 e. The van der Waals surface area contributed by atoms with Gasteiger partial charge in [-0.25, -0.2) is 9.59 Å². The smallest absolute Gasteiger partial charge is 0.408 e. The van der Waals surface area contributed by atoms with E-state index < -0.39 is 41.6 Å². The van der Waals surface area contributed by atoms with Crippen molar-refractivity contribution in [3.05, 3.63) is 60.2 Å². The first-order valence-electron chi connectivity index (χ1n) is 10.2. The number of methoxy groups -OCH3 is 1. The number of carbonyl (C=O) groups is 3. The molecule has 3 atom stereocenters. The molecular weight excluding hydrogens is 396 g/mol. The quantitative estimate of drug-likeness (QED) is 0.582. The predicted octanol–water partition coefficient (Wildman–Crippen LogP) is 3.43. The molecule has 0 fully saturated rings. The van der Waals surface area contributed by atoms with E-state index in [1.165, 1.54) is 7.11 Å². The second-order valence-corrected chi connectivity index (χ2v) is 8.50. The summed E-state index contributed by atoms with van der Waals surface area (Å²) in [7, 11) is 1.27. The van der Waals surface area contributed by atoms with E-state index in [4.69, 9.17) is 9.47 Å². The molecule has 0 aromatic heterocycles. The van der Waals surface area contributed by atoms with Crippen LogP contribution in [0.3, 0.4) is 0 Å². The Morgan fingerprint density at radius 2 is 1.81 bits per heavy atom. The molecule has 1 aliphatic rings. The zero-order chi connectivity index (χ0) is 22.6. The second-order valence-electron chi connectivity index (χ2n) is 8.50. The van der Waals surface area contributed by atoms with Gasteiger partial charge < -0.3 is 20.1 Å². The van der Waals surface area contributed by atoms with Crippen molar-refractivity contribution >= 4 is 28.7 Å². The van der Waals surface area contributed by atoms with Crippen molar-refractivity contribution in [2.75, 3.05) is 7.11 Å². The average Bonchev–Trinajstić information content (AvgIpc) is 2.71. The monoisotopic (exact) mass is 424 g/mol. The van der Waals surface area contributed by atoms with E-state index >= 15 is 0 Å². The summed E-state index contributed by atoms with van der Waals surface area (Å²) in [5.41, 5.74) is 0.146. The Bertz CT molecular complexity index is 1010. The number of nitrogens with one attached hydrogen (secondary N) is 2. The summed E-state index contributed by atoms with van der Waals surface area (Å²) in [5.74, 6) is -1.47. The maximum Gasteiger partial charge on any atom is 0.408 e. The van der Waals surface area contributed by atoms with Crippen molar-refractivity contribution in [1.82, 2.24) is 10.6 Å². The van der Waals surface area contributed by atoms with Gasteiger partial charge in [0, 0.05) is 5.92 Å². The van der Waals surface area contributed by atoms with Gasteiger partial charge in [0.05, 0.1) is 7.11 Å². The molecule has 3 rings (SSSR count). The van der Waals surface area contributed by atoms with Crippen LogP contribution >= 0.6 is 0 Å². The van der Waals surface area contributed by atoms with Crippen molar-refractivity contribution in [3.63, 3.8) is 0 Å². The van der Waals surface area contributed by atoms with E-state index in [1.54, 1.807) is 20.8 Å². The van der Waals surface area contributed by atoms with Crippen molar-refractivity contribution in [2.45, 2.75) is 50.8 Å². The lowest BCUT2D eigenvalue weighted by molar-refractivity contribution is -0.145. The Morgan fingerprint density at radius 1 is 1.10 bits per heavy atom. The molecule has 0 aliphatic carbocycles. The van der Waals surface area contributed by atoms with Gasteiger partial charge in [0.25, 0.3) is 0 Å². The minimum atomic E-state index is -0.972. The Morgan fingerprint density at radius 3 is 2.48 bits per heavy atom. The highest BCUT2D eigenvalue weighted by Gasteiger charge is 2.35. The number of ether oxygens (including phenoxy) is 2. The van der Waals surface area contributed by atoms with Crippen LogP contribution in [0, 0.1) is 0 Å². The molecule has 7 heteroatoms. The first-order chi connectivity index (χ1) is 14.7. The van der Waals surface area contributed by atoms with Crippen LogP contribution in [0.15, 0.2) is 54.6 Å². The van der Waals surface area contributed by atoms with Gasteiger partial charge in [-0.3, -0.25) is 4.79 Å². The molecule has 0 saturated carbocycles. The molecule has 2 amide bonds. The summed E-state index contributed by atoms with van der Waals surface area (Å²) in [4.78, 5) is 37.6. The number of hydrogen-bond donors (Lipinski definition) is 2. The lowest BCUT2D eigenvalue weighted by atomic mass is 9.87. The number of rotatable bonds is 3. The fraction of sp³-hybridized carbons (Fsp3) is 0.375. The summed E-state index contributed by atoms with van der Waals surface area (Å²) >= 11 is 0. The summed E-state index contributed by atoms with van der Waals surface area (Å²) in [5, 5.41) is 7.48. The van der Waals surface area contributed by atoms with Crippen LogP contribution in [0.5, 0.6) is 0 Å². The fourth-order valence-corrected chi connectivity index (χ4v) is 3.56. The third-order valence-electron chi connectivity index (χ3n) is 4.99. The number of fused-ring (bicyclic) bond motifs is 1. The molecule has 0 radical (unpaired) electrons. The third kappa shape index (κ3) is 5.63. The van der Waals surface area contributed by atoms with Crippen LogP contribution in [0.1, 0.15) is 38.7 Å². The van der Waals surface area contributed by atoms with E-state index in [2.05, 4.69) is 10.6 Å². The Kier molecular flexibility index (Phi) is 6.63. The summed E-state index contributed by atoms with van der Waals surface area (Å²) in [6, 6.07) is 12.0. The zero-order valence-electron chi connectivity index (χ0n) is 18.2. The van der Waals surface area contributed by atoms with Gasteiger partial charge in [0.15, 0.2) is 0 Å². The minimum Gasteiger partial charge on any atom is -0.467 e. The first-order valence-corrected chi connectivity index (χ1v) is 10.2. The highest BCUT2D eigenvalue weighted by atomic mass is 16.6. The zero-order valence-corrected chi connectivity index (χ0v) is 18.2. The van der Waals surface area contributed by atoms with Gasteiger partial charge in [-0.2, -0.15) is 0 Å². The van der Waals surface area contributed by atoms with Crippen molar-refractivity contribution in [1.29, 1.82) is 0 Å². The number of benzene rings is 2. The lowest BCUT2D eigenvalue weighted by Gasteiger charge is -2.30. The Labute approximate surface area is 181 Å². The molecule has 31 heavy (non-hydrogen) atoms. The molecular formula is C24H28N2O5. The van der Waals surface area contributed by atoms with Crippen molar-refractivity contribution < 1.29 is 23.9 Å². The predicted molar refractivity (Wildman–Crippen MR) is 118 cm³/mol. The highest BCUT2D eigenvalue weighted by Crippen LogP contribution is 2.28. The molecule has 2 aromatic carbocycles. The van der Waals surface area contributed by atoms with Crippen LogP contribution in [0.25, 0.3) is 10.8 Å². The molecule has 2 N–H and O–H groups in total. The molecule has 0 spiro atoms. The van der Waals surface area contributed by atoms with Crippen LogP contribution in [0.4, 0.5) is 4.79 Å². The topological polar surface area (TPSA) is 93.7 Å². The molecule has 3 unspecified atom stereocenters. The van der Waals surface area contributed by atoms with Gasteiger partial charge in [0.2, 0.25) is 5.91 Å². The number of esters is 1. The maximum atomic E-state index is 13.1. The maximum absolute atomic E-state index is 13.1. The summed E-state index contributed by atoms with van der Waals surface area (Å²) < 4.78 is 10.1. The van der Waals surface area contributed by atoms with Crippen LogP contribution in [0.2, 0.25) is 0 Å². The molecule has 0 saturated heterocycles. The summed E-state index contributed by atoms with van der Waals surface area (Å²) in [6.45, 7) is 5.25. The number of carbonyl (C=O) groups excluding carboxylic acids is 3. The number of hydrogen-bond acceptors (Lipinski definition) is 5. The molecule has 164 valence electrons. The fourth-order valence-electron chi connectivity index (χ4n) is 3.56. The number of amides is 2. The first kappa shape index (κ1) is 22.3. The van der Waals surface area contributed by atoms with Crippen LogP contribution in [-0.2, 0) is 19.1 Å². The van der Waals surface area contributed by atoms with E-state index in [9.17, 15) is 14.4 Å². The van der Waals surface area contributed by atoms with Gasteiger partial charge in [-0.1, -0.05) is 54.6 Å². The standard InChI is InChI=1S/C24H28N2O5/c1-24(2,3)31-23(29)26-20-18(10-7-11-19(22(28)30-4)25-21(20)27)17-13-12-15-8-5-6-9-16(15)14-17/h5-10,12-14,18-20H,11H2,1-4H3,(H,25,27)(H,26,29)/b10-7-. The lowest BCUT2D eigenvalue weighted by Crippen LogP contribution is -2.55. The van der Waals surface area contributed by atoms with Crippen LogP contribution < -0.4 is 10.6 Å². The second kappa shape index (κ2) is 9.20. The summed E-state index contributed by atoms with van der Waals surface area (Å²) in [6.07, 6.45) is 3.26. The van der Waals surface area contributed by atoms with Gasteiger partial charge in [-0.05, 0) is 43.5 Å². The molecule has 1 aliphatic heterocycles. The van der Waals surface area contributed by atoms with E-state index in [0.717, 1.165) is 16.3 Å². The van der Waals surface area contributed by atoms with Crippen molar-refractivity contribution in [3.8, 4) is 0 Å². The molecule has 2 aromatic rings. The van der Waals surface area contributed by atoms with E-state index in [1.807, 2.05) is 54.6 Å². The molecule has 0 bridgehead atoms. The van der Waals surface area contributed by atoms with Gasteiger partial charge in [-0.15, -0.1) is 0 Å². The minimum absolute atomic E-state index is 0.293. The Balaban J connectivity index is 1.98. The Hall–Kier alpha value is -3.35. The average molecular weight is 424 g/mol. The van der Waals surface area contributed by atoms with Gasteiger partial charge >= 0.3 is 12.1 Å². The third-order valence-corrected chi connectivity index (χ3v) is 4.99.